The van der Waals surface area contributed by atoms with Crippen LogP contribution in [-0.4, -0.2) is 7.28 Å². The zero-order valence-corrected chi connectivity index (χ0v) is 7.91. The van der Waals surface area contributed by atoms with Gasteiger partial charge in [0.2, 0.25) is 0 Å². The Morgan fingerprint density at radius 2 is 1.80 bits per heavy atom. The molecule has 0 nitrogen and oxygen atoms in total. The lowest BCUT2D eigenvalue weighted by Gasteiger charge is -2.16. The summed E-state index contributed by atoms with van der Waals surface area (Å²) >= 11 is 0. The molecule has 0 rings (SSSR count). The second kappa shape index (κ2) is 4.82. The molecule has 0 saturated carbocycles. The van der Waals surface area contributed by atoms with Crippen LogP contribution in [0.5, 0.6) is 0 Å². The SMILES string of the molecule is CCCC[B]CC(C)(C)C. The molecule has 0 bridgehead atoms. The van der Waals surface area contributed by atoms with Crippen molar-refractivity contribution in [3.8, 4) is 0 Å². The maximum atomic E-state index is 2.42. The molecule has 0 atom stereocenters. The molecule has 10 heavy (non-hydrogen) atoms. The third-order valence-electron chi connectivity index (χ3n) is 1.52. The van der Waals surface area contributed by atoms with Gasteiger partial charge in [-0.15, -0.1) is 0 Å². The highest BCUT2D eigenvalue weighted by Gasteiger charge is 2.08. The van der Waals surface area contributed by atoms with Crippen LogP contribution in [-0.2, 0) is 0 Å². The van der Waals surface area contributed by atoms with Crippen LogP contribution in [0.25, 0.3) is 0 Å². The summed E-state index contributed by atoms with van der Waals surface area (Å²) in [5, 5.41) is 0. The summed E-state index contributed by atoms with van der Waals surface area (Å²) in [7, 11) is 2.42. The quantitative estimate of drug-likeness (QED) is 0.413. The molecule has 0 heterocycles. The largest absolute Gasteiger partial charge is 0.110 e. The van der Waals surface area contributed by atoms with Crippen molar-refractivity contribution in [2.75, 3.05) is 0 Å². The molecule has 0 fully saturated rings. The fourth-order valence-corrected chi connectivity index (χ4v) is 0.884. The van der Waals surface area contributed by atoms with E-state index in [1.54, 1.807) is 0 Å². The van der Waals surface area contributed by atoms with E-state index in [1.165, 1.54) is 25.5 Å². The highest BCUT2D eigenvalue weighted by molar-refractivity contribution is 6.35. The molecule has 0 aromatic heterocycles. The van der Waals surface area contributed by atoms with Crippen molar-refractivity contribution in [3.63, 3.8) is 0 Å². The monoisotopic (exact) mass is 139 g/mol. The minimum Gasteiger partial charge on any atom is -0.0803 e. The van der Waals surface area contributed by atoms with Crippen molar-refractivity contribution >= 4 is 7.28 Å². The maximum absolute atomic E-state index is 2.42. The summed E-state index contributed by atoms with van der Waals surface area (Å²) in [6, 6.07) is 0. The molecule has 0 aromatic carbocycles. The van der Waals surface area contributed by atoms with Crippen molar-refractivity contribution in [3.05, 3.63) is 0 Å². The van der Waals surface area contributed by atoms with E-state index < -0.39 is 0 Å². The average Bonchev–Trinajstić information content (AvgIpc) is 1.78. The standard InChI is InChI=1S/C9H20B/c1-5-6-7-10-8-9(2,3)4/h5-8H2,1-4H3. The first-order valence-corrected chi connectivity index (χ1v) is 4.38. The number of hydrogen-bond donors (Lipinski definition) is 0. The van der Waals surface area contributed by atoms with Crippen LogP contribution in [0.3, 0.4) is 0 Å². The Morgan fingerprint density at radius 3 is 2.20 bits per heavy atom. The van der Waals surface area contributed by atoms with Gasteiger partial charge in [-0.1, -0.05) is 53.2 Å². The third kappa shape index (κ3) is 8.06. The summed E-state index contributed by atoms with van der Waals surface area (Å²) in [5.41, 5.74) is 0.494. The van der Waals surface area contributed by atoms with Gasteiger partial charge in [-0.2, -0.15) is 0 Å². The zero-order chi connectivity index (χ0) is 8.04. The first-order chi connectivity index (χ1) is 4.56. The van der Waals surface area contributed by atoms with Gasteiger partial charge in [-0.25, -0.2) is 0 Å². The molecule has 0 aliphatic carbocycles. The summed E-state index contributed by atoms with van der Waals surface area (Å²) in [4.78, 5) is 0. The van der Waals surface area contributed by atoms with Crippen molar-refractivity contribution < 1.29 is 0 Å². The van der Waals surface area contributed by atoms with E-state index in [1.807, 2.05) is 0 Å². The maximum Gasteiger partial charge on any atom is 0.110 e. The van der Waals surface area contributed by atoms with Crippen LogP contribution in [0.2, 0.25) is 12.6 Å². The van der Waals surface area contributed by atoms with E-state index in [2.05, 4.69) is 35.0 Å². The third-order valence-corrected chi connectivity index (χ3v) is 1.52. The summed E-state index contributed by atoms with van der Waals surface area (Å²) < 4.78 is 0. The lowest BCUT2D eigenvalue weighted by Crippen LogP contribution is -2.07. The van der Waals surface area contributed by atoms with Crippen LogP contribution >= 0.6 is 0 Å². The lowest BCUT2D eigenvalue weighted by atomic mass is 9.62. The predicted molar refractivity (Wildman–Crippen MR) is 49.7 cm³/mol. The molecule has 0 amide bonds. The average molecular weight is 139 g/mol. The molecule has 0 saturated heterocycles. The molecule has 1 radical (unpaired) electrons. The highest BCUT2D eigenvalue weighted by atomic mass is 14.1. The van der Waals surface area contributed by atoms with Gasteiger partial charge >= 0.3 is 0 Å². The van der Waals surface area contributed by atoms with Gasteiger partial charge in [-0.3, -0.25) is 0 Å². The van der Waals surface area contributed by atoms with Crippen molar-refractivity contribution in [2.45, 2.75) is 53.2 Å². The minimum atomic E-state index is 0.494. The summed E-state index contributed by atoms with van der Waals surface area (Å²) in [6.07, 6.45) is 5.23. The molecule has 59 valence electrons. The number of hydrogen-bond acceptors (Lipinski definition) is 0. The lowest BCUT2D eigenvalue weighted by molar-refractivity contribution is 0.466. The second-order valence-electron chi connectivity index (χ2n) is 4.20. The Morgan fingerprint density at radius 1 is 1.20 bits per heavy atom. The number of unbranched alkanes of at least 4 members (excludes halogenated alkanes) is 1. The molecule has 0 N–H and O–H groups in total. The molecule has 0 spiro atoms. The van der Waals surface area contributed by atoms with Gasteiger partial charge in [0.25, 0.3) is 0 Å². The molecular formula is C9H20B. The van der Waals surface area contributed by atoms with E-state index in [4.69, 9.17) is 0 Å². The zero-order valence-electron chi connectivity index (χ0n) is 7.91. The van der Waals surface area contributed by atoms with Crippen LogP contribution in [0, 0.1) is 5.41 Å². The van der Waals surface area contributed by atoms with Crippen LogP contribution in [0.1, 0.15) is 40.5 Å². The Bertz CT molecular complexity index is 71.3. The van der Waals surface area contributed by atoms with Gasteiger partial charge < -0.3 is 0 Å². The molecule has 0 aliphatic rings. The molecule has 0 aromatic rings. The van der Waals surface area contributed by atoms with Crippen LogP contribution in [0.4, 0.5) is 0 Å². The van der Waals surface area contributed by atoms with E-state index in [9.17, 15) is 0 Å². The molecule has 1 heteroatoms. The normalized spacial score (nSPS) is 11.6. The smallest absolute Gasteiger partial charge is 0.0803 e. The van der Waals surface area contributed by atoms with Crippen molar-refractivity contribution in [2.24, 2.45) is 5.41 Å². The summed E-state index contributed by atoms with van der Waals surface area (Å²) in [6.45, 7) is 9.10. The first-order valence-electron chi connectivity index (χ1n) is 4.38. The van der Waals surface area contributed by atoms with E-state index in [0.717, 1.165) is 0 Å². The van der Waals surface area contributed by atoms with Gasteiger partial charge in [0, 0.05) is 0 Å². The Hall–Kier alpha value is 0.0649. The first kappa shape index (κ1) is 10.1. The van der Waals surface area contributed by atoms with E-state index in [-0.39, 0.29) is 0 Å². The highest BCUT2D eigenvalue weighted by Crippen LogP contribution is 2.19. The van der Waals surface area contributed by atoms with Gasteiger partial charge in [-0.05, 0) is 5.41 Å². The second-order valence-corrected chi connectivity index (χ2v) is 4.20. The Labute approximate surface area is 66.6 Å². The van der Waals surface area contributed by atoms with E-state index in [0.29, 0.717) is 5.41 Å². The molecular weight excluding hydrogens is 119 g/mol. The Balaban J connectivity index is 3.04. The summed E-state index contributed by atoms with van der Waals surface area (Å²) in [5.74, 6) is 0. The van der Waals surface area contributed by atoms with Crippen LogP contribution < -0.4 is 0 Å². The van der Waals surface area contributed by atoms with E-state index >= 15 is 0 Å². The molecule has 0 unspecified atom stereocenters. The topological polar surface area (TPSA) is 0 Å². The number of rotatable bonds is 4. The van der Waals surface area contributed by atoms with Crippen molar-refractivity contribution in [1.29, 1.82) is 0 Å². The Kier molecular flexibility index (Phi) is 4.85. The predicted octanol–water partition coefficient (Wildman–Crippen LogP) is 3.37. The molecule has 0 aliphatic heterocycles. The fraction of sp³-hybridized carbons (Fsp3) is 1.00. The van der Waals surface area contributed by atoms with Gasteiger partial charge in [0.1, 0.15) is 7.28 Å². The van der Waals surface area contributed by atoms with Gasteiger partial charge in [0.15, 0.2) is 0 Å². The van der Waals surface area contributed by atoms with Gasteiger partial charge in [0.05, 0.1) is 0 Å². The fourth-order valence-electron chi connectivity index (χ4n) is 0.884. The minimum absolute atomic E-state index is 0.494. The van der Waals surface area contributed by atoms with Crippen LogP contribution in [0.15, 0.2) is 0 Å². The van der Waals surface area contributed by atoms with Crippen molar-refractivity contribution in [1.82, 2.24) is 0 Å².